The highest BCUT2D eigenvalue weighted by molar-refractivity contribution is 5.95. The minimum atomic E-state index is -0.286. The molecule has 0 N–H and O–H groups in total. The maximum Gasteiger partial charge on any atom is 0.160 e. The summed E-state index contributed by atoms with van der Waals surface area (Å²) in [5.41, 5.74) is 1.03. The third kappa shape index (κ3) is 2.41. The lowest BCUT2D eigenvalue weighted by Gasteiger charge is -2.06. The van der Waals surface area contributed by atoms with Gasteiger partial charge in [0.1, 0.15) is 5.82 Å². The molecular formula is C12H14FO. The maximum atomic E-state index is 13.4. The van der Waals surface area contributed by atoms with Crippen molar-refractivity contribution < 1.29 is 9.18 Å². The highest BCUT2D eigenvalue weighted by Gasteiger charge is 2.10. The van der Waals surface area contributed by atoms with Gasteiger partial charge in [-0.2, -0.15) is 0 Å². The van der Waals surface area contributed by atoms with Crippen LogP contribution in [0.2, 0.25) is 0 Å². The average Bonchev–Trinajstić information content (AvgIpc) is 2.15. The van der Waals surface area contributed by atoms with Gasteiger partial charge in [0.05, 0.1) is 0 Å². The summed E-state index contributed by atoms with van der Waals surface area (Å²) in [6.45, 7) is 5.16. The van der Waals surface area contributed by atoms with E-state index >= 15 is 0 Å². The molecule has 1 aromatic rings. The van der Waals surface area contributed by atoms with Crippen molar-refractivity contribution in [2.45, 2.75) is 26.2 Å². The topological polar surface area (TPSA) is 17.1 Å². The zero-order valence-electron chi connectivity index (χ0n) is 8.35. The molecule has 1 rings (SSSR count). The number of benzene rings is 1. The standard InChI is InChI=1S/C12H14FO/c1-3-4-6-11-10(9(2)14)7-5-8-12(11)13/h5,7-8H,1,3-4,6H2,2H3. The molecule has 0 unspecified atom stereocenters. The van der Waals surface area contributed by atoms with Crippen LogP contribution in [0.1, 0.15) is 35.7 Å². The van der Waals surface area contributed by atoms with Crippen molar-refractivity contribution in [3.63, 3.8) is 0 Å². The lowest BCUT2D eigenvalue weighted by Crippen LogP contribution is -2.02. The predicted molar refractivity (Wildman–Crippen MR) is 54.7 cm³/mol. The van der Waals surface area contributed by atoms with Gasteiger partial charge in [-0.1, -0.05) is 25.5 Å². The summed E-state index contributed by atoms with van der Waals surface area (Å²) in [5.74, 6) is -0.366. The lowest BCUT2D eigenvalue weighted by molar-refractivity contribution is 0.101. The van der Waals surface area contributed by atoms with Crippen LogP contribution in [0.15, 0.2) is 18.2 Å². The van der Waals surface area contributed by atoms with Gasteiger partial charge < -0.3 is 0 Å². The van der Waals surface area contributed by atoms with E-state index in [0.717, 1.165) is 12.8 Å². The van der Waals surface area contributed by atoms with Crippen LogP contribution >= 0.6 is 0 Å². The molecule has 1 radical (unpaired) electrons. The second-order valence-electron chi connectivity index (χ2n) is 3.28. The van der Waals surface area contributed by atoms with E-state index in [1.807, 2.05) is 0 Å². The Morgan fingerprint density at radius 1 is 1.50 bits per heavy atom. The summed E-state index contributed by atoms with van der Waals surface area (Å²) in [4.78, 5) is 11.2. The molecular weight excluding hydrogens is 179 g/mol. The number of halogens is 1. The van der Waals surface area contributed by atoms with Gasteiger partial charge in [0, 0.05) is 5.56 Å². The Kier molecular flexibility index (Phi) is 3.81. The molecule has 0 fully saturated rings. The Morgan fingerprint density at radius 3 is 2.79 bits per heavy atom. The summed E-state index contributed by atoms with van der Waals surface area (Å²) >= 11 is 0. The maximum absolute atomic E-state index is 13.4. The van der Waals surface area contributed by atoms with E-state index < -0.39 is 0 Å². The van der Waals surface area contributed by atoms with E-state index in [1.54, 1.807) is 12.1 Å². The van der Waals surface area contributed by atoms with E-state index in [1.165, 1.54) is 13.0 Å². The van der Waals surface area contributed by atoms with Gasteiger partial charge in [-0.3, -0.25) is 4.79 Å². The van der Waals surface area contributed by atoms with Crippen LogP contribution in [0.5, 0.6) is 0 Å². The number of unbranched alkanes of at least 4 members (excludes halogenated alkanes) is 1. The molecule has 0 atom stereocenters. The van der Waals surface area contributed by atoms with Gasteiger partial charge in [-0.25, -0.2) is 4.39 Å². The lowest BCUT2D eigenvalue weighted by atomic mass is 9.99. The molecule has 0 aromatic heterocycles. The fourth-order valence-corrected chi connectivity index (χ4v) is 1.44. The van der Waals surface area contributed by atoms with E-state index in [0.29, 0.717) is 17.5 Å². The number of carbonyl (C=O) groups excluding carboxylic acids is 1. The second-order valence-corrected chi connectivity index (χ2v) is 3.28. The molecule has 0 bridgehead atoms. The quantitative estimate of drug-likeness (QED) is 0.671. The van der Waals surface area contributed by atoms with Crippen molar-refractivity contribution in [1.29, 1.82) is 0 Å². The molecule has 1 aromatic carbocycles. The summed E-state index contributed by atoms with van der Waals surface area (Å²) in [6.07, 6.45) is 2.15. The first-order valence-corrected chi connectivity index (χ1v) is 4.74. The third-order valence-electron chi connectivity index (χ3n) is 2.17. The van der Waals surface area contributed by atoms with Crippen molar-refractivity contribution in [3.05, 3.63) is 42.1 Å². The molecule has 1 nitrogen and oxygen atoms in total. The highest BCUT2D eigenvalue weighted by Crippen LogP contribution is 2.16. The molecule has 0 spiro atoms. The van der Waals surface area contributed by atoms with Crippen LogP contribution in [-0.2, 0) is 6.42 Å². The number of Topliss-reactive ketones (excluding diaryl/α,β-unsaturated/α-hetero) is 1. The Labute approximate surface area is 83.9 Å². The molecule has 0 saturated carbocycles. The van der Waals surface area contributed by atoms with E-state index in [2.05, 4.69) is 6.92 Å². The van der Waals surface area contributed by atoms with Crippen LogP contribution in [0.4, 0.5) is 4.39 Å². The number of hydrogen-bond acceptors (Lipinski definition) is 1. The van der Waals surface area contributed by atoms with Gasteiger partial charge in [0.15, 0.2) is 5.78 Å². The zero-order chi connectivity index (χ0) is 10.6. The monoisotopic (exact) mass is 193 g/mol. The fraction of sp³-hybridized carbons (Fsp3) is 0.333. The van der Waals surface area contributed by atoms with E-state index in [9.17, 15) is 9.18 Å². The minimum Gasteiger partial charge on any atom is -0.294 e. The van der Waals surface area contributed by atoms with Crippen LogP contribution < -0.4 is 0 Å². The number of hydrogen-bond donors (Lipinski definition) is 0. The van der Waals surface area contributed by atoms with Crippen LogP contribution in [-0.4, -0.2) is 5.78 Å². The first-order valence-electron chi connectivity index (χ1n) is 4.74. The van der Waals surface area contributed by atoms with Gasteiger partial charge in [-0.15, -0.1) is 0 Å². The molecule has 0 aliphatic rings. The van der Waals surface area contributed by atoms with Crippen molar-refractivity contribution in [2.24, 2.45) is 0 Å². The van der Waals surface area contributed by atoms with Crippen LogP contribution in [0, 0.1) is 12.7 Å². The third-order valence-corrected chi connectivity index (χ3v) is 2.17. The minimum absolute atomic E-state index is 0.0800. The summed E-state index contributed by atoms with van der Waals surface area (Å²) in [5, 5.41) is 0. The van der Waals surface area contributed by atoms with Crippen LogP contribution in [0.25, 0.3) is 0 Å². The van der Waals surface area contributed by atoms with Crippen molar-refractivity contribution in [3.8, 4) is 0 Å². The van der Waals surface area contributed by atoms with Gasteiger partial charge in [0.25, 0.3) is 0 Å². The first-order chi connectivity index (χ1) is 6.66. The molecule has 0 aliphatic heterocycles. The Morgan fingerprint density at radius 2 is 2.21 bits per heavy atom. The number of carbonyl (C=O) groups is 1. The van der Waals surface area contributed by atoms with Crippen LogP contribution in [0.3, 0.4) is 0 Å². The zero-order valence-corrected chi connectivity index (χ0v) is 8.35. The second kappa shape index (κ2) is 4.89. The highest BCUT2D eigenvalue weighted by atomic mass is 19.1. The Bertz CT molecular complexity index is 331. The molecule has 2 heteroatoms. The average molecular weight is 193 g/mol. The summed E-state index contributed by atoms with van der Waals surface area (Å²) in [6, 6.07) is 4.63. The normalized spacial score (nSPS) is 10.2. The van der Waals surface area contributed by atoms with E-state index in [4.69, 9.17) is 0 Å². The summed E-state index contributed by atoms with van der Waals surface area (Å²) < 4.78 is 13.4. The molecule has 75 valence electrons. The van der Waals surface area contributed by atoms with Crippen molar-refractivity contribution in [2.75, 3.05) is 0 Å². The van der Waals surface area contributed by atoms with E-state index in [-0.39, 0.29) is 11.6 Å². The number of rotatable bonds is 4. The SMILES string of the molecule is [CH2]CCCc1c(F)cccc1C(C)=O. The smallest absolute Gasteiger partial charge is 0.160 e. The molecule has 0 heterocycles. The Balaban J connectivity index is 3.02. The van der Waals surface area contributed by atoms with Crippen molar-refractivity contribution in [1.82, 2.24) is 0 Å². The molecule has 0 saturated heterocycles. The van der Waals surface area contributed by atoms with Crippen molar-refractivity contribution >= 4 is 5.78 Å². The van der Waals surface area contributed by atoms with Gasteiger partial charge in [0.2, 0.25) is 0 Å². The summed E-state index contributed by atoms with van der Waals surface area (Å²) in [7, 11) is 0. The first kappa shape index (κ1) is 10.9. The van der Waals surface area contributed by atoms with Gasteiger partial charge >= 0.3 is 0 Å². The Hall–Kier alpha value is -1.18. The molecule has 14 heavy (non-hydrogen) atoms. The predicted octanol–water partition coefficient (Wildman–Crippen LogP) is 3.19. The number of ketones is 1. The van der Waals surface area contributed by atoms with Gasteiger partial charge in [-0.05, 0) is 31.4 Å². The molecule has 0 amide bonds. The largest absolute Gasteiger partial charge is 0.294 e. The molecule has 0 aliphatic carbocycles. The fourth-order valence-electron chi connectivity index (χ4n) is 1.44.